The fraction of sp³-hybridized carbons (Fsp3) is 0.889. The molecule has 0 aromatic heterocycles. The van der Waals surface area contributed by atoms with E-state index >= 15 is 0 Å². The van der Waals surface area contributed by atoms with Crippen LogP contribution in [0.2, 0.25) is 0 Å². The molecule has 2 fully saturated rings. The molecule has 2 heteroatoms. The van der Waals surface area contributed by atoms with E-state index in [-0.39, 0.29) is 6.04 Å². The van der Waals surface area contributed by atoms with Gasteiger partial charge in [0.05, 0.1) is 12.1 Å². The van der Waals surface area contributed by atoms with Gasteiger partial charge in [0.1, 0.15) is 0 Å². The van der Waals surface area contributed by atoms with Gasteiger partial charge in [-0.3, -0.25) is 5.32 Å². The second-order valence-electron chi connectivity index (χ2n) is 3.74. The summed E-state index contributed by atoms with van der Waals surface area (Å²) >= 11 is 0. The normalized spacial score (nSPS) is 27.2. The van der Waals surface area contributed by atoms with E-state index in [2.05, 4.69) is 11.4 Å². The van der Waals surface area contributed by atoms with Gasteiger partial charge in [0.25, 0.3) is 0 Å². The lowest BCUT2D eigenvalue weighted by Gasteiger charge is -2.30. The highest BCUT2D eigenvalue weighted by molar-refractivity contribution is 5.01. The smallest absolute Gasteiger partial charge is 0.0983 e. The molecule has 0 spiro atoms. The highest BCUT2D eigenvalue weighted by Crippen LogP contribution is 2.31. The summed E-state index contributed by atoms with van der Waals surface area (Å²) in [6.45, 7) is 0. The standard InChI is InChI=1S/C9H14N2/c10-6-9(7-2-1-3-7)11-8-4-5-8/h7-9,11H,1-5H2. The van der Waals surface area contributed by atoms with Gasteiger partial charge < -0.3 is 0 Å². The van der Waals surface area contributed by atoms with Crippen LogP contribution in [0, 0.1) is 17.2 Å². The molecule has 1 unspecified atom stereocenters. The van der Waals surface area contributed by atoms with Gasteiger partial charge in [-0.05, 0) is 31.6 Å². The number of nitrogens with zero attached hydrogens (tertiary/aromatic N) is 1. The van der Waals surface area contributed by atoms with Crippen LogP contribution < -0.4 is 5.32 Å². The number of hydrogen-bond donors (Lipinski definition) is 1. The summed E-state index contributed by atoms with van der Waals surface area (Å²) in [6, 6.07) is 3.21. The van der Waals surface area contributed by atoms with Gasteiger partial charge in [0, 0.05) is 6.04 Å². The molecule has 0 bridgehead atoms. The van der Waals surface area contributed by atoms with Crippen molar-refractivity contribution < 1.29 is 0 Å². The first-order chi connectivity index (χ1) is 5.40. The molecule has 2 nitrogen and oxygen atoms in total. The average Bonchev–Trinajstić information content (AvgIpc) is 2.66. The maximum atomic E-state index is 8.83. The Morgan fingerprint density at radius 1 is 1.27 bits per heavy atom. The van der Waals surface area contributed by atoms with Gasteiger partial charge in [0.15, 0.2) is 0 Å². The SMILES string of the molecule is N#CC(NC1CC1)C1CCC1. The van der Waals surface area contributed by atoms with E-state index in [0.717, 1.165) is 0 Å². The van der Waals surface area contributed by atoms with Crippen molar-refractivity contribution in [2.45, 2.75) is 44.2 Å². The molecule has 0 aliphatic heterocycles. The molecule has 11 heavy (non-hydrogen) atoms. The fourth-order valence-corrected chi connectivity index (χ4v) is 1.56. The van der Waals surface area contributed by atoms with Crippen LogP contribution in [0.25, 0.3) is 0 Å². The van der Waals surface area contributed by atoms with Crippen molar-refractivity contribution in [2.24, 2.45) is 5.92 Å². The lowest BCUT2D eigenvalue weighted by atomic mass is 9.80. The van der Waals surface area contributed by atoms with Crippen LogP contribution in [0.4, 0.5) is 0 Å². The molecule has 0 aromatic carbocycles. The topological polar surface area (TPSA) is 35.8 Å². The van der Waals surface area contributed by atoms with Crippen molar-refractivity contribution in [1.29, 1.82) is 5.26 Å². The quantitative estimate of drug-likeness (QED) is 0.660. The molecule has 0 aromatic rings. The molecular formula is C9H14N2. The van der Waals surface area contributed by atoms with E-state index < -0.39 is 0 Å². The Kier molecular flexibility index (Phi) is 1.83. The van der Waals surface area contributed by atoms with Crippen molar-refractivity contribution in [1.82, 2.24) is 5.32 Å². The molecule has 60 valence electrons. The Bertz CT molecular complexity index is 174. The largest absolute Gasteiger partial charge is 0.299 e. The molecule has 2 saturated carbocycles. The van der Waals surface area contributed by atoms with Gasteiger partial charge in [-0.2, -0.15) is 5.26 Å². The van der Waals surface area contributed by atoms with Crippen LogP contribution in [0.5, 0.6) is 0 Å². The van der Waals surface area contributed by atoms with Gasteiger partial charge in [-0.25, -0.2) is 0 Å². The minimum atomic E-state index is 0.163. The first-order valence-electron chi connectivity index (χ1n) is 4.56. The zero-order valence-corrected chi connectivity index (χ0v) is 6.71. The second kappa shape index (κ2) is 2.83. The molecule has 0 radical (unpaired) electrons. The third kappa shape index (κ3) is 1.54. The minimum Gasteiger partial charge on any atom is -0.299 e. The molecule has 2 aliphatic carbocycles. The zero-order chi connectivity index (χ0) is 7.68. The monoisotopic (exact) mass is 150 g/mol. The summed E-state index contributed by atoms with van der Waals surface area (Å²) in [7, 11) is 0. The van der Waals surface area contributed by atoms with E-state index in [0.29, 0.717) is 12.0 Å². The Morgan fingerprint density at radius 3 is 2.36 bits per heavy atom. The van der Waals surface area contributed by atoms with E-state index in [1.807, 2.05) is 0 Å². The van der Waals surface area contributed by atoms with E-state index in [9.17, 15) is 0 Å². The third-order valence-electron chi connectivity index (χ3n) is 2.75. The molecule has 0 heterocycles. The molecule has 0 saturated heterocycles. The second-order valence-corrected chi connectivity index (χ2v) is 3.74. The first kappa shape index (κ1) is 7.12. The van der Waals surface area contributed by atoms with Crippen LogP contribution in [0.15, 0.2) is 0 Å². The highest BCUT2D eigenvalue weighted by atomic mass is 15.0. The van der Waals surface area contributed by atoms with E-state index in [1.54, 1.807) is 0 Å². The Morgan fingerprint density at radius 2 is 2.00 bits per heavy atom. The van der Waals surface area contributed by atoms with Crippen molar-refractivity contribution in [3.63, 3.8) is 0 Å². The predicted molar refractivity (Wildman–Crippen MR) is 42.9 cm³/mol. The molecular weight excluding hydrogens is 136 g/mol. The summed E-state index contributed by atoms with van der Waals surface area (Å²) in [5.41, 5.74) is 0. The Hall–Kier alpha value is -0.550. The van der Waals surface area contributed by atoms with Gasteiger partial charge in [-0.1, -0.05) is 6.42 Å². The molecule has 1 atom stereocenters. The summed E-state index contributed by atoms with van der Waals surface area (Å²) < 4.78 is 0. The summed E-state index contributed by atoms with van der Waals surface area (Å²) in [5, 5.41) is 12.2. The number of nitrogens with one attached hydrogen (secondary N) is 1. The predicted octanol–water partition coefficient (Wildman–Crippen LogP) is 1.43. The van der Waals surface area contributed by atoms with Crippen molar-refractivity contribution >= 4 is 0 Å². The summed E-state index contributed by atoms with van der Waals surface area (Å²) in [4.78, 5) is 0. The van der Waals surface area contributed by atoms with Crippen LogP contribution in [-0.2, 0) is 0 Å². The zero-order valence-electron chi connectivity index (χ0n) is 6.71. The van der Waals surface area contributed by atoms with Crippen LogP contribution >= 0.6 is 0 Å². The first-order valence-corrected chi connectivity index (χ1v) is 4.56. The van der Waals surface area contributed by atoms with Crippen LogP contribution in [-0.4, -0.2) is 12.1 Å². The van der Waals surface area contributed by atoms with Crippen molar-refractivity contribution in [3.05, 3.63) is 0 Å². The van der Waals surface area contributed by atoms with Crippen molar-refractivity contribution in [2.75, 3.05) is 0 Å². The lowest BCUT2D eigenvalue weighted by molar-refractivity contribution is 0.262. The summed E-state index contributed by atoms with van der Waals surface area (Å²) in [5.74, 6) is 0.667. The third-order valence-corrected chi connectivity index (χ3v) is 2.75. The maximum absolute atomic E-state index is 8.83. The van der Waals surface area contributed by atoms with E-state index in [1.165, 1.54) is 32.1 Å². The highest BCUT2D eigenvalue weighted by Gasteiger charge is 2.31. The molecule has 1 N–H and O–H groups in total. The van der Waals surface area contributed by atoms with Gasteiger partial charge >= 0.3 is 0 Å². The van der Waals surface area contributed by atoms with Crippen LogP contribution in [0.3, 0.4) is 0 Å². The van der Waals surface area contributed by atoms with E-state index in [4.69, 9.17) is 5.26 Å². The number of rotatable bonds is 3. The average molecular weight is 150 g/mol. The Balaban J connectivity index is 1.80. The fourth-order valence-electron chi connectivity index (χ4n) is 1.56. The molecule has 0 amide bonds. The minimum absolute atomic E-state index is 0.163. The van der Waals surface area contributed by atoms with Gasteiger partial charge in [0.2, 0.25) is 0 Å². The molecule has 2 rings (SSSR count). The van der Waals surface area contributed by atoms with Crippen LogP contribution in [0.1, 0.15) is 32.1 Å². The molecule has 2 aliphatic rings. The van der Waals surface area contributed by atoms with Gasteiger partial charge in [-0.15, -0.1) is 0 Å². The summed E-state index contributed by atoms with van der Waals surface area (Å²) in [6.07, 6.45) is 6.42. The maximum Gasteiger partial charge on any atom is 0.0983 e. The number of nitriles is 1. The Labute approximate surface area is 67.6 Å². The number of hydrogen-bond acceptors (Lipinski definition) is 2. The lowest BCUT2D eigenvalue weighted by Crippen LogP contribution is -2.39. The van der Waals surface area contributed by atoms with Crippen molar-refractivity contribution in [3.8, 4) is 6.07 Å².